The standard InChI is InChI=1S/C15H16N2O3S2/c1-9(14(19)20)17-13(18)12(22-15(17)21)8-10-4-6-11(7-5-10)16(2)3/h4-9H,1-3H3,(H,19,20)/p-1/b12-8-. The van der Waals surface area contributed by atoms with Gasteiger partial charge < -0.3 is 14.8 Å². The summed E-state index contributed by atoms with van der Waals surface area (Å²) in [5, 5.41) is 10.9. The molecule has 1 saturated heterocycles. The molecule has 0 aliphatic carbocycles. The number of carboxylic acids is 1. The summed E-state index contributed by atoms with van der Waals surface area (Å²) < 4.78 is 0.234. The Morgan fingerprint density at radius 3 is 2.45 bits per heavy atom. The summed E-state index contributed by atoms with van der Waals surface area (Å²) in [6.07, 6.45) is 1.71. The van der Waals surface area contributed by atoms with Gasteiger partial charge in [-0.15, -0.1) is 0 Å². The number of benzene rings is 1. The highest BCUT2D eigenvalue weighted by Gasteiger charge is 2.35. The van der Waals surface area contributed by atoms with Crippen molar-refractivity contribution in [1.82, 2.24) is 4.90 Å². The molecular weight excluding hydrogens is 320 g/mol. The van der Waals surface area contributed by atoms with Crippen molar-refractivity contribution in [2.24, 2.45) is 0 Å². The Morgan fingerprint density at radius 1 is 1.36 bits per heavy atom. The minimum absolute atomic E-state index is 0.234. The third-order valence-corrected chi connectivity index (χ3v) is 4.59. The van der Waals surface area contributed by atoms with E-state index in [-0.39, 0.29) is 4.32 Å². The molecule has 0 spiro atoms. The molecule has 7 heteroatoms. The average Bonchev–Trinajstić information content (AvgIpc) is 2.73. The Morgan fingerprint density at radius 2 is 1.95 bits per heavy atom. The number of anilines is 1. The van der Waals surface area contributed by atoms with E-state index < -0.39 is 17.9 Å². The molecule has 1 aliphatic heterocycles. The molecule has 0 N–H and O–H groups in total. The number of hydrogen-bond acceptors (Lipinski definition) is 6. The Balaban J connectivity index is 2.24. The van der Waals surface area contributed by atoms with Gasteiger partial charge in [-0.25, -0.2) is 0 Å². The molecule has 1 fully saturated rings. The van der Waals surface area contributed by atoms with Crippen LogP contribution in [0, 0.1) is 0 Å². The van der Waals surface area contributed by atoms with Crippen molar-refractivity contribution in [3.05, 3.63) is 34.7 Å². The molecule has 1 aliphatic rings. The minimum atomic E-state index is -1.33. The maximum atomic E-state index is 12.3. The first-order valence-corrected chi connectivity index (χ1v) is 7.79. The SMILES string of the molecule is CC(C(=O)[O-])N1C(=O)/C(=C/c2ccc(N(C)C)cc2)SC1=S. The number of thioether (sulfide) groups is 1. The number of amides is 1. The van der Waals surface area contributed by atoms with E-state index in [0.717, 1.165) is 27.9 Å². The Bertz CT molecular complexity index is 653. The van der Waals surface area contributed by atoms with Crippen LogP contribution < -0.4 is 10.0 Å². The normalized spacial score (nSPS) is 18.0. The van der Waals surface area contributed by atoms with Crippen LogP contribution in [0.5, 0.6) is 0 Å². The van der Waals surface area contributed by atoms with E-state index in [1.54, 1.807) is 6.08 Å². The Kier molecular flexibility index (Phi) is 4.87. The fourth-order valence-corrected chi connectivity index (χ4v) is 3.36. The largest absolute Gasteiger partial charge is 0.548 e. The van der Waals surface area contributed by atoms with Gasteiger partial charge in [-0.3, -0.25) is 9.69 Å². The molecule has 1 heterocycles. The third-order valence-electron chi connectivity index (χ3n) is 3.26. The van der Waals surface area contributed by atoms with Crippen molar-refractivity contribution >= 4 is 51.9 Å². The highest BCUT2D eigenvalue weighted by atomic mass is 32.2. The first-order chi connectivity index (χ1) is 10.3. The lowest BCUT2D eigenvalue weighted by molar-refractivity contribution is -0.309. The van der Waals surface area contributed by atoms with Crippen molar-refractivity contribution in [2.75, 3.05) is 19.0 Å². The van der Waals surface area contributed by atoms with Crippen molar-refractivity contribution in [3.8, 4) is 0 Å². The van der Waals surface area contributed by atoms with Gasteiger partial charge in [0.1, 0.15) is 4.32 Å². The maximum Gasteiger partial charge on any atom is 0.266 e. The van der Waals surface area contributed by atoms with Crippen LogP contribution in [0.4, 0.5) is 5.69 Å². The van der Waals surface area contributed by atoms with Crippen LogP contribution in [0.3, 0.4) is 0 Å². The fraction of sp³-hybridized carbons (Fsp3) is 0.267. The highest BCUT2D eigenvalue weighted by molar-refractivity contribution is 8.26. The van der Waals surface area contributed by atoms with Crippen molar-refractivity contribution in [3.63, 3.8) is 0 Å². The predicted molar refractivity (Wildman–Crippen MR) is 90.3 cm³/mol. The van der Waals surface area contributed by atoms with Gasteiger partial charge in [0.2, 0.25) is 0 Å². The second-order valence-electron chi connectivity index (χ2n) is 5.03. The van der Waals surface area contributed by atoms with Crippen LogP contribution in [0.2, 0.25) is 0 Å². The Labute approximate surface area is 138 Å². The third kappa shape index (κ3) is 3.31. The van der Waals surface area contributed by atoms with Gasteiger partial charge in [-0.05, 0) is 30.7 Å². The Hall–Kier alpha value is -1.86. The lowest BCUT2D eigenvalue weighted by atomic mass is 10.2. The summed E-state index contributed by atoms with van der Waals surface area (Å²) in [6, 6.07) is 6.59. The molecular formula is C15H15N2O3S2-. The van der Waals surface area contributed by atoms with E-state index in [1.165, 1.54) is 6.92 Å². The summed E-state index contributed by atoms with van der Waals surface area (Å²) in [7, 11) is 3.89. The van der Waals surface area contributed by atoms with Crippen molar-refractivity contribution in [2.45, 2.75) is 13.0 Å². The van der Waals surface area contributed by atoms with E-state index in [1.807, 2.05) is 43.3 Å². The van der Waals surface area contributed by atoms with Gasteiger partial charge in [0.15, 0.2) is 0 Å². The molecule has 1 amide bonds. The topological polar surface area (TPSA) is 63.7 Å². The number of aliphatic carboxylic acids is 1. The summed E-state index contributed by atoms with van der Waals surface area (Å²) in [6.45, 7) is 1.38. The van der Waals surface area contributed by atoms with E-state index >= 15 is 0 Å². The number of thiocarbonyl (C=S) groups is 1. The molecule has 1 aromatic rings. The summed E-state index contributed by atoms with van der Waals surface area (Å²) in [5.41, 5.74) is 1.91. The van der Waals surface area contributed by atoms with Crippen LogP contribution in [0.15, 0.2) is 29.2 Å². The molecule has 1 atom stereocenters. The first kappa shape index (κ1) is 16.5. The molecule has 0 saturated carbocycles. The van der Waals surface area contributed by atoms with Gasteiger partial charge in [0.25, 0.3) is 5.91 Å². The maximum absolute atomic E-state index is 12.3. The van der Waals surface area contributed by atoms with E-state index in [2.05, 4.69) is 0 Å². The van der Waals surface area contributed by atoms with Gasteiger partial charge in [0, 0.05) is 19.8 Å². The van der Waals surface area contributed by atoms with Crippen molar-refractivity contribution < 1.29 is 14.7 Å². The first-order valence-electron chi connectivity index (χ1n) is 6.56. The average molecular weight is 335 g/mol. The molecule has 2 rings (SSSR count). The quantitative estimate of drug-likeness (QED) is 0.606. The molecule has 1 unspecified atom stereocenters. The molecule has 1 aromatic carbocycles. The lowest BCUT2D eigenvalue weighted by Gasteiger charge is -2.23. The predicted octanol–water partition coefficient (Wildman–Crippen LogP) is 1.09. The van der Waals surface area contributed by atoms with E-state index in [9.17, 15) is 14.7 Å². The molecule has 0 aromatic heterocycles. The molecule has 22 heavy (non-hydrogen) atoms. The van der Waals surface area contributed by atoms with Gasteiger partial charge in [-0.1, -0.05) is 36.1 Å². The summed E-state index contributed by atoms with van der Waals surface area (Å²) in [4.78, 5) is 26.7. The molecule has 0 bridgehead atoms. The second-order valence-corrected chi connectivity index (χ2v) is 6.71. The molecule has 0 radical (unpaired) electrons. The number of hydrogen-bond donors (Lipinski definition) is 0. The molecule has 116 valence electrons. The van der Waals surface area contributed by atoms with Gasteiger partial charge >= 0.3 is 0 Å². The summed E-state index contributed by atoms with van der Waals surface area (Å²) >= 11 is 6.19. The number of nitrogens with zero attached hydrogens (tertiary/aromatic N) is 2. The fourth-order valence-electron chi connectivity index (χ4n) is 1.94. The highest BCUT2D eigenvalue weighted by Crippen LogP contribution is 2.34. The van der Waals surface area contributed by atoms with Crippen LogP contribution >= 0.6 is 24.0 Å². The monoisotopic (exact) mass is 335 g/mol. The zero-order valence-corrected chi connectivity index (χ0v) is 14.0. The van der Waals surface area contributed by atoms with Crippen LogP contribution in [-0.2, 0) is 9.59 Å². The van der Waals surface area contributed by atoms with Crippen LogP contribution in [0.25, 0.3) is 6.08 Å². The van der Waals surface area contributed by atoms with E-state index in [4.69, 9.17) is 12.2 Å². The van der Waals surface area contributed by atoms with Crippen LogP contribution in [-0.4, -0.2) is 41.2 Å². The number of carbonyl (C=O) groups is 2. The number of carboxylic acid groups (broad SMARTS) is 1. The van der Waals surface area contributed by atoms with Gasteiger partial charge in [-0.2, -0.15) is 0 Å². The smallest absolute Gasteiger partial charge is 0.266 e. The summed E-state index contributed by atoms with van der Waals surface area (Å²) in [5.74, 6) is -1.73. The zero-order valence-electron chi connectivity index (χ0n) is 12.4. The number of carbonyl (C=O) groups excluding carboxylic acids is 2. The second kappa shape index (κ2) is 6.50. The van der Waals surface area contributed by atoms with E-state index in [0.29, 0.717) is 4.91 Å². The lowest BCUT2D eigenvalue weighted by Crippen LogP contribution is -2.48. The van der Waals surface area contributed by atoms with Gasteiger partial charge in [0.05, 0.1) is 16.9 Å². The number of rotatable bonds is 4. The minimum Gasteiger partial charge on any atom is -0.548 e. The zero-order chi connectivity index (χ0) is 16.4. The molecule has 5 nitrogen and oxygen atoms in total. The van der Waals surface area contributed by atoms with Crippen molar-refractivity contribution in [1.29, 1.82) is 0 Å². The van der Waals surface area contributed by atoms with Crippen LogP contribution in [0.1, 0.15) is 12.5 Å².